The maximum Gasteiger partial charge on any atom is 0.0175 e. The SMILES string of the molecule is Brc1ccc(-c2ccc(C(Cc3ccc(C/C(=C/c4cccc5ccccc45)c4ccccc4)cc3)c3ccccc3)cc2)cc1. The summed E-state index contributed by atoms with van der Waals surface area (Å²) in [6.45, 7) is 0. The smallest absolute Gasteiger partial charge is 0.0175 e. The van der Waals surface area contributed by atoms with Crippen molar-refractivity contribution in [1.29, 1.82) is 0 Å². The van der Waals surface area contributed by atoms with E-state index in [-0.39, 0.29) is 5.92 Å². The highest BCUT2D eigenvalue weighted by Gasteiger charge is 2.16. The zero-order chi connectivity index (χ0) is 31.1. The van der Waals surface area contributed by atoms with E-state index in [9.17, 15) is 0 Å². The number of hydrogen-bond donors (Lipinski definition) is 0. The van der Waals surface area contributed by atoms with Gasteiger partial charge in [0.1, 0.15) is 0 Å². The molecule has 7 rings (SSSR count). The molecule has 0 amide bonds. The molecule has 0 saturated heterocycles. The largest absolute Gasteiger partial charge is 0.0622 e. The van der Waals surface area contributed by atoms with Gasteiger partial charge in [-0.05, 0) is 85.8 Å². The minimum atomic E-state index is 0.275. The lowest BCUT2D eigenvalue weighted by Crippen LogP contribution is -2.05. The Bertz CT molecular complexity index is 2050. The molecular formula is C45H35Br. The molecule has 0 aromatic heterocycles. The molecule has 0 aliphatic heterocycles. The summed E-state index contributed by atoms with van der Waals surface area (Å²) in [6.07, 6.45) is 4.18. The third-order valence-electron chi connectivity index (χ3n) is 8.85. The molecule has 7 aromatic carbocycles. The number of benzene rings is 7. The average Bonchev–Trinajstić information content (AvgIpc) is 3.12. The van der Waals surface area contributed by atoms with E-state index < -0.39 is 0 Å². The van der Waals surface area contributed by atoms with Crippen molar-refractivity contribution in [2.75, 3.05) is 0 Å². The van der Waals surface area contributed by atoms with Crippen LogP contribution in [0.2, 0.25) is 0 Å². The van der Waals surface area contributed by atoms with Crippen LogP contribution < -0.4 is 0 Å². The molecule has 1 unspecified atom stereocenters. The molecule has 0 aliphatic rings. The van der Waals surface area contributed by atoms with Gasteiger partial charge in [-0.3, -0.25) is 0 Å². The van der Waals surface area contributed by atoms with Crippen molar-refractivity contribution in [3.05, 3.63) is 214 Å². The van der Waals surface area contributed by atoms with E-state index in [1.807, 2.05) is 0 Å². The van der Waals surface area contributed by atoms with Crippen molar-refractivity contribution in [1.82, 2.24) is 0 Å². The van der Waals surface area contributed by atoms with Gasteiger partial charge >= 0.3 is 0 Å². The average molecular weight is 656 g/mol. The zero-order valence-electron chi connectivity index (χ0n) is 25.7. The van der Waals surface area contributed by atoms with Gasteiger partial charge < -0.3 is 0 Å². The summed E-state index contributed by atoms with van der Waals surface area (Å²) in [5.74, 6) is 0.275. The molecule has 0 saturated carbocycles. The van der Waals surface area contributed by atoms with Crippen LogP contribution in [0.25, 0.3) is 33.5 Å². The molecule has 222 valence electrons. The minimum absolute atomic E-state index is 0.275. The van der Waals surface area contributed by atoms with Gasteiger partial charge in [-0.15, -0.1) is 0 Å². The Hall–Kier alpha value is -4.98. The van der Waals surface area contributed by atoms with Crippen molar-refractivity contribution in [3.63, 3.8) is 0 Å². The molecule has 0 radical (unpaired) electrons. The highest BCUT2D eigenvalue weighted by molar-refractivity contribution is 9.10. The van der Waals surface area contributed by atoms with Crippen LogP contribution in [0, 0.1) is 0 Å². The van der Waals surface area contributed by atoms with Crippen LogP contribution in [0.4, 0.5) is 0 Å². The summed E-state index contributed by atoms with van der Waals surface area (Å²) in [6, 6.07) is 63.8. The molecule has 0 N–H and O–H groups in total. The second kappa shape index (κ2) is 14.0. The number of rotatable bonds is 9. The first-order chi connectivity index (χ1) is 22.7. The van der Waals surface area contributed by atoms with Gasteiger partial charge in [-0.1, -0.05) is 186 Å². The summed E-state index contributed by atoms with van der Waals surface area (Å²) in [5.41, 5.74) is 11.6. The monoisotopic (exact) mass is 654 g/mol. The summed E-state index contributed by atoms with van der Waals surface area (Å²) in [4.78, 5) is 0. The second-order valence-electron chi connectivity index (χ2n) is 11.9. The van der Waals surface area contributed by atoms with Crippen molar-refractivity contribution in [2.45, 2.75) is 18.8 Å². The van der Waals surface area contributed by atoms with E-state index in [2.05, 4.69) is 198 Å². The Balaban J connectivity index is 1.15. The van der Waals surface area contributed by atoms with Crippen LogP contribution in [0.15, 0.2) is 180 Å². The van der Waals surface area contributed by atoms with Crippen LogP contribution in [0.5, 0.6) is 0 Å². The number of halogens is 1. The molecular weight excluding hydrogens is 620 g/mol. The highest BCUT2D eigenvalue weighted by atomic mass is 79.9. The quantitative estimate of drug-likeness (QED) is 0.136. The molecule has 0 nitrogen and oxygen atoms in total. The summed E-state index contributed by atoms with van der Waals surface area (Å²) >= 11 is 3.55. The third kappa shape index (κ3) is 6.96. The van der Waals surface area contributed by atoms with Gasteiger partial charge in [0, 0.05) is 10.4 Å². The normalized spacial score (nSPS) is 12.2. The predicted molar refractivity (Wildman–Crippen MR) is 200 cm³/mol. The molecule has 0 bridgehead atoms. The Morgan fingerprint density at radius 3 is 1.78 bits per heavy atom. The summed E-state index contributed by atoms with van der Waals surface area (Å²) in [7, 11) is 0. The Morgan fingerprint density at radius 1 is 0.500 bits per heavy atom. The predicted octanol–water partition coefficient (Wildman–Crippen LogP) is 12.4. The highest BCUT2D eigenvalue weighted by Crippen LogP contribution is 2.32. The number of fused-ring (bicyclic) bond motifs is 1. The molecule has 1 heteroatoms. The fourth-order valence-corrected chi connectivity index (χ4v) is 6.63. The van der Waals surface area contributed by atoms with Gasteiger partial charge in [0.05, 0.1) is 0 Å². The van der Waals surface area contributed by atoms with Crippen LogP contribution >= 0.6 is 15.9 Å². The van der Waals surface area contributed by atoms with E-state index in [4.69, 9.17) is 0 Å². The van der Waals surface area contributed by atoms with E-state index in [0.717, 1.165) is 17.3 Å². The summed E-state index contributed by atoms with van der Waals surface area (Å²) < 4.78 is 1.10. The lowest BCUT2D eigenvalue weighted by atomic mass is 9.85. The molecule has 1 atom stereocenters. The number of hydrogen-bond acceptors (Lipinski definition) is 0. The van der Waals surface area contributed by atoms with Gasteiger partial charge in [0.25, 0.3) is 0 Å². The Kier molecular flexibility index (Phi) is 9.03. The van der Waals surface area contributed by atoms with Gasteiger partial charge in [0.15, 0.2) is 0 Å². The van der Waals surface area contributed by atoms with E-state index in [0.29, 0.717) is 0 Å². The number of allylic oxidation sites excluding steroid dienone is 1. The molecule has 46 heavy (non-hydrogen) atoms. The Labute approximate surface area is 280 Å². The first kappa shape index (κ1) is 29.7. The van der Waals surface area contributed by atoms with Gasteiger partial charge in [-0.25, -0.2) is 0 Å². The maximum atomic E-state index is 3.55. The van der Waals surface area contributed by atoms with E-state index in [1.54, 1.807) is 0 Å². The van der Waals surface area contributed by atoms with Crippen LogP contribution in [-0.4, -0.2) is 0 Å². The van der Waals surface area contributed by atoms with Crippen molar-refractivity contribution in [3.8, 4) is 11.1 Å². The minimum Gasteiger partial charge on any atom is -0.0622 e. The van der Waals surface area contributed by atoms with E-state index in [1.165, 1.54) is 60.9 Å². The standard InChI is InChI=1S/C45H35Br/c46-43-28-26-37(27-29-43)36-22-24-40(25-23-36)45(39-12-5-2-6-13-39)31-34-20-18-33(19-21-34)30-42(35-10-3-1-4-11-35)32-41-16-9-15-38-14-7-8-17-44(38)41/h1-29,32,45H,30-31H2/b42-32-. The molecule has 0 aliphatic carbocycles. The molecule has 0 heterocycles. The van der Waals surface area contributed by atoms with Crippen LogP contribution in [0.3, 0.4) is 0 Å². The summed E-state index contributed by atoms with van der Waals surface area (Å²) in [5, 5.41) is 2.55. The van der Waals surface area contributed by atoms with Gasteiger partial charge in [-0.2, -0.15) is 0 Å². The zero-order valence-corrected chi connectivity index (χ0v) is 27.3. The molecule has 7 aromatic rings. The van der Waals surface area contributed by atoms with Crippen molar-refractivity contribution in [2.24, 2.45) is 0 Å². The van der Waals surface area contributed by atoms with Crippen molar-refractivity contribution < 1.29 is 0 Å². The topological polar surface area (TPSA) is 0 Å². The first-order valence-electron chi connectivity index (χ1n) is 15.9. The fraction of sp³-hybridized carbons (Fsp3) is 0.0667. The molecule has 0 fully saturated rings. The first-order valence-corrected chi connectivity index (χ1v) is 16.7. The Morgan fingerprint density at radius 2 is 1.07 bits per heavy atom. The lowest BCUT2D eigenvalue weighted by molar-refractivity contribution is 0.805. The van der Waals surface area contributed by atoms with Crippen LogP contribution in [0.1, 0.15) is 39.3 Å². The lowest BCUT2D eigenvalue weighted by Gasteiger charge is -2.19. The fourth-order valence-electron chi connectivity index (χ4n) is 6.37. The van der Waals surface area contributed by atoms with Gasteiger partial charge in [0.2, 0.25) is 0 Å². The second-order valence-corrected chi connectivity index (χ2v) is 12.8. The molecule has 0 spiro atoms. The maximum absolute atomic E-state index is 3.55. The third-order valence-corrected chi connectivity index (χ3v) is 9.38. The van der Waals surface area contributed by atoms with Crippen LogP contribution in [-0.2, 0) is 12.8 Å². The van der Waals surface area contributed by atoms with Crippen molar-refractivity contribution >= 4 is 38.4 Å². The van der Waals surface area contributed by atoms with E-state index >= 15 is 0 Å².